The summed E-state index contributed by atoms with van der Waals surface area (Å²) < 4.78 is 0. The van der Waals surface area contributed by atoms with Crippen molar-refractivity contribution in [3.05, 3.63) is 35.5 Å². The fraction of sp³-hybridized carbons (Fsp3) is 0.700. The Morgan fingerprint density at radius 1 is 1.35 bits per heavy atom. The molecule has 0 heterocycles. The predicted molar refractivity (Wildman–Crippen MR) is 96.1 cm³/mol. The number of hydrogen-bond acceptors (Lipinski definition) is 3. The average Bonchev–Trinajstić information content (AvgIpc) is 2.43. The first-order chi connectivity index (χ1) is 10.7. The van der Waals surface area contributed by atoms with Crippen LogP contribution >= 0.6 is 0 Å². The molecule has 1 saturated carbocycles. The summed E-state index contributed by atoms with van der Waals surface area (Å²) in [4.78, 5) is 0. The van der Waals surface area contributed by atoms with Gasteiger partial charge in [0.1, 0.15) is 0 Å². The van der Waals surface area contributed by atoms with Gasteiger partial charge >= 0.3 is 0 Å². The lowest BCUT2D eigenvalue weighted by Gasteiger charge is -2.44. The van der Waals surface area contributed by atoms with Crippen molar-refractivity contribution in [2.24, 2.45) is 11.3 Å². The van der Waals surface area contributed by atoms with Gasteiger partial charge in [0, 0.05) is 0 Å². The van der Waals surface area contributed by atoms with Gasteiger partial charge in [-0.05, 0) is 57.3 Å². The monoisotopic (exact) mass is 322 g/mol. The van der Waals surface area contributed by atoms with Crippen LogP contribution < -0.4 is 0 Å². The highest BCUT2D eigenvalue weighted by molar-refractivity contribution is 5.14. The standard InChI is InChI=1S/C20H34O3/c1-14(12-17(22)13-15(2)10-11-21)6-8-18-16(3)7-9-19(23)20(18,4)5/h10,12,17-19,21-23H,3,6-9,11,13H2,1-2,4-5H3/b14-12+,15-10+/t17-,18-,19+/m0/s1. The smallest absolute Gasteiger partial charge is 0.0760 e. The van der Waals surface area contributed by atoms with Gasteiger partial charge in [-0.25, -0.2) is 0 Å². The minimum Gasteiger partial charge on any atom is -0.393 e. The lowest BCUT2D eigenvalue weighted by atomic mass is 9.63. The Kier molecular flexibility index (Phi) is 7.72. The third kappa shape index (κ3) is 5.91. The average molecular weight is 322 g/mol. The van der Waals surface area contributed by atoms with E-state index < -0.39 is 6.10 Å². The molecule has 3 atom stereocenters. The maximum Gasteiger partial charge on any atom is 0.0760 e. The third-order valence-electron chi connectivity index (χ3n) is 5.26. The second-order valence-corrected chi connectivity index (χ2v) is 7.64. The molecule has 3 heteroatoms. The van der Waals surface area contributed by atoms with E-state index in [2.05, 4.69) is 20.4 Å². The van der Waals surface area contributed by atoms with E-state index in [0.717, 1.165) is 36.8 Å². The minimum absolute atomic E-state index is 0.0163. The van der Waals surface area contributed by atoms with Crippen LogP contribution in [-0.4, -0.2) is 34.1 Å². The van der Waals surface area contributed by atoms with Crippen LogP contribution in [0.25, 0.3) is 0 Å². The summed E-state index contributed by atoms with van der Waals surface area (Å²) in [6, 6.07) is 0. The minimum atomic E-state index is -0.508. The lowest BCUT2D eigenvalue weighted by Crippen LogP contribution is -2.41. The van der Waals surface area contributed by atoms with Crippen molar-refractivity contribution in [3.8, 4) is 0 Å². The van der Waals surface area contributed by atoms with Gasteiger partial charge in [0.05, 0.1) is 18.8 Å². The van der Waals surface area contributed by atoms with E-state index in [1.54, 1.807) is 6.08 Å². The molecule has 0 radical (unpaired) electrons. The molecule has 3 nitrogen and oxygen atoms in total. The van der Waals surface area contributed by atoms with Gasteiger partial charge in [0.25, 0.3) is 0 Å². The van der Waals surface area contributed by atoms with E-state index in [1.165, 1.54) is 5.57 Å². The maximum atomic E-state index is 10.3. The van der Waals surface area contributed by atoms with Crippen LogP contribution in [0.3, 0.4) is 0 Å². The van der Waals surface area contributed by atoms with E-state index >= 15 is 0 Å². The van der Waals surface area contributed by atoms with Crippen molar-refractivity contribution < 1.29 is 15.3 Å². The molecule has 0 aromatic heterocycles. The predicted octanol–water partition coefficient (Wildman–Crippen LogP) is 3.76. The molecule has 1 aliphatic rings. The third-order valence-corrected chi connectivity index (χ3v) is 5.26. The van der Waals surface area contributed by atoms with E-state index in [1.807, 2.05) is 19.9 Å². The van der Waals surface area contributed by atoms with E-state index in [0.29, 0.717) is 12.3 Å². The zero-order valence-electron chi connectivity index (χ0n) is 15.2. The second-order valence-electron chi connectivity index (χ2n) is 7.64. The molecule has 1 fully saturated rings. The highest BCUT2D eigenvalue weighted by atomic mass is 16.3. The largest absolute Gasteiger partial charge is 0.393 e. The Hall–Kier alpha value is -0.900. The summed E-state index contributed by atoms with van der Waals surface area (Å²) in [5.74, 6) is 0.322. The van der Waals surface area contributed by atoms with Crippen molar-refractivity contribution in [3.63, 3.8) is 0 Å². The van der Waals surface area contributed by atoms with E-state index in [9.17, 15) is 10.2 Å². The quantitative estimate of drug-likeness (QED) is 0.626. The van der Waals surface area contributed by atoms with Crippen LogP contribution in [0.15, 0.2) is 35.5 Å². The highest BCUT2D eigenvalue weighted by Crippen LogP contribution is 2.45. The van der Waals surface area contributed by atoms with Crippen molar-refractivity contribution >= 4 is 0 Å². The maximum absolute atomic E-state index is 10.3. The Morgan fingerprint density at radius 3 is 2.61 bits per heavy atom. The van der Waals surface area contributed by atoms with Gasteiger partial charge in [0.2, 0.25) is 0 Å². The zero-order valence-corrected chi connectivity index (χ0v) is 15.2. The number of hydrogen-bond donors (Lipinski definition) is 3. The summed E-state index contributed by atoms with van der Waals surface area (Å²) >= 11 is 0. The Bertz CT molecular complexity index is 460. The first kappa shape index (κ1) is 20.1. The van der Waals surface area contributed by atoms with Crippen LogP contribution in [0.5, 0.6) is 0 Å². The molecule has 1 aliphatic carbocycles. The first-order valence-electron chi connectivity index (χ1n) is 8.66. The summed E-state index contributed by atoms with van der Waals surface area (Å²) in [5.41, 5.74) is 3.27. The molecule has 23 heavy (non-hydrogen) atoms. The van der Waals surface area contributed by atoms with Crippen molar-refractivity contribution in [2.45, 2.75) is 72.0 Å². The van der Waals surface area contributed by atoms with Gasteiger partial charge in [-0.3, -0.25) is 0 Å². The molecule has 3 N–H and O–H groups in total. The van der Waals surface area contributed by atoms with Gasteiger partial charge in [-0.2, -0.15) is 0 Å². The molecule has 0 aromatic carbocycles. The summed E-state index contributed by atoms with van der Waals surface area (Å²) in [6.07, 6.45) is 7.00. The van der Waals surface area contributed by atoms with Crippen LogP contribution in [-0.2, 0) is 0 Å². The van der Waals surface area contributed by atoms with Crippen LogP contribution in [0.4, 0.5) is 0 Å². The molecular weight excluding hydrogens is 288 g/mol. The summed E-state index contributed by atoms with van der Waals surface area (Å²) in [7, 11) is 0. The molecule has 0 amide bonds. The second kappa shape index (κ2) is 8.81. The Balaban J connectivity index is 2.60. The summed E-state index contributed by atoms with van der Waals surface area (Å²) in [6.45, 7) is 12.4. The molecule has 0 spiro atoms. The van der Waals surface area contributed by atoms with E-state index in [4.69, 9.17) is 5.11 Å². The molecule has 0 saturated heterocycles. The fourth-order valence-corrected chi connectivity index (χ4v) is 3.61. The summed E-state index contributed by atoms with van der Waals surface area (Å²) in [5, 5.41) is 29.2. The SMILES string of the molecule is C=C1CC[C@@H](O)C(C)(C)[C@H]1CC/C(C)=C/[C@H](O)C/C(C)=C/CO. The van der Waals surface area contributed by atoms with Crippen LogP contribution in [0, 0.1) is 11.3 Å². The highest BCUT2D eigenvalue weighted by Gasteiger charge is 2.40. The van der Waals surface area contributed by atoms with Gasteiger partial charge in [-0.15, -0.1) is 0 Å². The molecular formula is C20H34O3. The number of allylic oxidation sites excluding steroid dienone is 2. The number of aliphatic hydroxyl groups excluding tert-OH is 3. The zero-order chi connectivity index (χ0) is 17.6. The van der Waals surface area contributed by atoms with Crippen molar-refractivity contribution in [1.82, 2.24) is 0 Å². The topological polar surface area (TPSA) is 60.7 Å². The molecule has 0 unspecified atom stereocenters. The lowest BCUT2D eigenvalue weighted by molar-refractivity contribution is -0.00882. The Morgan fingerprint density at radius 2 is 2.00 bits per heavy atom. The van der Waals surface area contributed by atoms with Gasteiger partial charge in [0.15, 0.2) is 0 Å². The van der Waals surface area contributed by atoms with Crippen molar-refractivity contribution in [2.75, 3.05) is 6.61 Å². The van der Waals surface area contributed by atoms with Gasteiger partial charge < -0.3 is 15.3 Å². The van der Waals surface area contributed by atoms with Crippen molar-refractivity contribution in [1.29, 1.82) is 0 Å². The molecule has 0 aliphatic heterocycles. The number of rotatable bonds is 7. The molecule has 132 valence electrons. The normalized spacial score (nSPS) is 27.2. The van der Waals surface area contributed by atoms with Gasteiger partial charge in [-0.1, -0.05) is 49.3 Å². The van der Waals surface area contributed by atoms with Crippen LogP contribution in [0.2, 0.25) is 0 Å². The molecule has 0 aromatic rings. The van der Waals surface area contributed by atoms with E-state index in [-0.39, 0.29) is 18.1 Å². The van der Waals surface area contributed by atoms with Crippen LogP contribution in [0.1, 0.15) is 59.8 Å². The number of aliphatic hydroxyl groups is 3. The first-order valence-corrected chi connectivity index (χ1v) is 8.66. The molecule has 1 rings (SSSR count). The molecule has 0 bridgehead atoms. The fourth-order valence-electron chi connectivity index (χ4n) is 3.61. The Labute approximate surface area is 141 Å².